The zero-order valence-electron chi connectivity index (χ0n) is 15.7. The summed E-state index contributed by atoms with van der Waals surface area (Å²) in [6.07, 6.45) is 0.329. The first-order valence-electron chi connectivity index (χ1n) is 9.07. The number of carbonyl (C=O) groups is 1. The van der Waals surface area contributed by atoms with Crippen LogP contribution in [-0.2, 0) is 20.8 Å². The molecular formula is C20H26N2O4. The summed E-state index contributed by atoms with van der Waals surface area (Å²) < 4.78 is 16.5. The number of carbonyl (C=O) groups excluding carboxylic acids is 1. The average Bonchev–Trinajstić information content (AvgIpc) is 2.98. The van der Waals surface area contributed by atoms with E-state index < -0.39 is 0 Å². The quantitative estimate of drug-likeness (QED) is 0.739. The van der Waals surface area contributed by atoms with Crippen LogP contribution < -0.4 is 0 Å². The van der Waals surface area contributed by atoms with Crippen LogP contribution in [0, 0.1) is 13.8 Å². The van der Waals surface area contributed by atoms with Crippen molar-refractivity contribution >= 4 is 5.97 Å². The fourth-order valence-corrected chi connectivity index (χ4v) is 3.17. The number of benzene rings is 1. The highest BCUT2D eigenvalue weighted by atomic mass is 16.5. The van der Waals surface area contributed by atoms with Gasteiger partial charge in [-0.3, -0.25) is 9.69 Å². The molecular weight excluding hydrogens is 332 g/mol. The Balaban J connectivity index is 1.73. The number of hydrogen-bond acceptors (Lipinski definition) is 6. The number of esters is 1. The van der Waals surface area contributed by atoms with Gasteiger partial charge < -0.3 is 13.9 Å². The highest BCUT2D eigenvalue weighted by Gasteiger charge is 2.27. The van der Waals surface area contributed by atoms with E-state index in [1.807, 2.05) is 39.0 Å². The summed E-state index contributed by atoms with van der Waals surface area (Å²) in [4.78, 5) is 18.8. The van der Waals surface area contributed by atoms with Gasteiger partial charge in [-0.15, -0.1) is 0 Å². The van der Waals surface area contributed by atoms with Gasteiger partial charge in [-0.1, -0.05) is 17.7 Å². The zero-order valence-corrected chi connectivity index (χ0v) is 15.7. The van der Waals surface area contributed by atoms with Crippen LogP contribution in [0.4, 0.5) is 0 Å². The second kappa shape index (κ2) is 8.47. The molecule has 0 amide bonds. The molecule has 2 aromatic rings. The molecule has 3 rings (SSSR count). The Morgan fingerprint density at radius 2 is 2.23 bits per heavy atom. The van der Waals surface area contributed by atoms with E-state index in [1.54, 1.807) is 0 Å². The van der Waals surface area contributed by atoms with Crippen molar-refractivity contribution in [3.63, 3.8) is 0 Å². The predicted octanol–water partition coefficient (Wildman–Crippen LogP) is 3.11. The molecule has 1 atom stereocenters. The second-order valence-electron chi connectivity index (χ2n) is 6.60. The van der Waals surface area contributed by atoms with Crippen LogP contribution >= 0.6 is 0 Å². The lowest BCUT2D eigenvalue weighted by atomic mass is 10.1. The Morgan fingerprint density at radius 3 is 3.00 bits per heavy atom. The van der Waals surface area contributed by atoms with Gasteiger partial charge in [0.25, 0.3) is 0 Å². The SMILES string of the molecule is CCOC(=O)C[C@H]1COCCN1Cc1nc(-c2cccc(C)c2)oc1C. The number of oxazole rings is 1. The van der Waals surface area contributed by atoms with Crippen molar-refractivity contribution < 1.29 is 18.7 Å². The van der Waals surface area contributed by atoms with Crippen molar-refractivity contribution in [1.29, 1.82) is 0 Å². The lowest BCUT2D eigenvalue weighted by molar-refractivity contribution is -0.146. The summed E-state index contributed by atoms with van der Waals surface area (Å²) in [7, 11) is 0. The molecule has 6 nitrogen and oxygen atoms in total. The fraction of sp³-hybridized carbons (Fsp3) is 0.500. The molecule has 1 saturated heterocycles. The maximum Gasteiger partial charge on any atom is 0.307 e. The van der Waals surface area contributed by atoms with Gasteiger partial charge in [0.05, 0.1) is 31.9 Å². The molecule has 2 heterocycles. The van der Waals surface area contributed by atoms with E-state index in [-0.39, 0.29) is 12.0 Å². The largest absolute Gasteiger partial charge is 0.466 e. The molecule has 1 aliphatic rings. The minimum atomic E-state index is -0.190. The Labute approximate surface area is 154 Å². The van der Waals surface area contributed by atoms with Gasteiger partial charge in [-0.05, 0) is 32.9 Å². The minimum Gasteiger partial charge on any atom is -0.466 e. The van der Waals surface area contributed by atoms with E-state index in [1.165, 1.54) is 5.56 Å². The number of hydrogen-bond donors (Lipinski definition) is 0. The monoisotopic (exact) mass is 358 g/mol. The Kier molecular flexibility index (Phi) is 6.06. The van der Waals surface area contributed by atoms with Crippen LogP contribution in [0.5, 0.6) is 0 Å². The van der Waals surface area contributed by atoms with Gasteiger partial charge >= 0.3 is 5.97 Å². The maximum absolute atomic E-state index is 11.9. The number of aromatic nitrogens is 1. The average molecular weight is 358 g/mol. The van der Waals surface area contributed by atoms with Crippen molar-refractivity contribution in [3.05, 3.63) is 41.3 Å². The molecule has 140 valence electrons. The van der Waals surface area contributed by atoms with Crippen molar-refractivity contribution in [2.45, 2.75) is 39.8 Å². The van der Waals surface area contributed by atoms with Gasteiger partial charge in [-0.25, -0.2) is 4.98 Å². The number of aryl methyl sites for hydroxylation is 2. The molecule has 0 aliphatic carbocycles. The third-order valence-electron chi connectivity index (χ3n) is 4.57. The molecule has 0 N–H and O–H groups in total. The van der Waals surface area contributed by atoms with E-state index in [4.69, 9.17) is 18.9 Å². The molecule has 0 bridgehead atoms. The number of ether oxygens (including phenoxy) is 2. The topological polar surface area (TPSA) is 64.8 Å². The molecule has 26 heavy (non-hydrogen) atoms. The van der Waals surface area contributed by atoms with Crippen LogP contribution in [0.2, 0.25) is 0 Å². The molecule has 0 spiro atoms. The molecule has 0 unspecified atom stereocenters. The Bertz CT molecular complexity index is 756. The third kappa shape index (κ3) is 4.51. The molecule has 0 radical (unpaired) electrons. The minimum absolute atomic E-state index is 0.00122. The summed E-state index contributed by atoms with van der Waals surface area (Å²) in [6.45, 7) is 8.77. The summed E-state index contributed by atoms with van der Waals surface area (Å²) in [5.41, 5.74) is 3.05. The highest BCUT2D eigenvalue weighted by molar-refractivity contribution is 5.70. The van der Waals surface area contributed by atoms with E-state index >= 15 is 0 Å². The van der Waals surface area contributed by atoms with Gasteiger partial charge in [0.2, 0.25) is 5.89 Å². The lowest BCUT2D eigenvalue weighted by Gasteiger charge is -2.34. The molecule has 1 aliphatic heterocycles. The van der Waals surface area contributed by atoms with Crippen LogP contribution in [0.1, 0.15) is 30.4 Å². The van der Waals surface area contributed by atoms with Crippen molar-refractivity contribution in [2.24, 2.45) is 0 Å². The van der Waals surface area contributed by atoms with Crippen molar-refractivity contribution in [3.8, 4) is 11.5 Å². The summed E-state index contributed by atoms with van der Waals surface area (Å²) in [5.74, 6) is 1.25. The maximum atomic E-state index is 11.9. The zero-order chi connectivity index (χ0) is 18.5. The lowest BCUT2D eigenvalue weighted by Crippen LogP contribution is -2.46. The Morgan fingerprint density at radius 1 is 1.38 bits per heavy atom. The molecule has 1 aromatic heterocycles. The molecule has 0 saturated carbocycles. The smallest absolute Gasteiger partial charge is 0.307 e. The third-order valence-corrected chi connectivity index (χ3v) is 4.57. The number of nitrogens with zero attached hydrogens (tertiary/aromatic N) is 2. The molecule has 1 aromatic carbocycles. The first-order chi connectivity index (χ1) is 12.6. The van der Waals surface area contributed by atoms with Gasteiger partial charge in [-0.2, -0.15) is 0 Å². The second-order valence-corrected chi connectivity index (χ2v) is 6.60. The van der Waals surface area contributed by atoms with Crippen LogP contribution in [0.3, 0.4) is 0 Å². The highest BCUT2D eigenvalue weighted by Crippen LogP contribution is 2.24. The summed E-state index contributed by atoms with van der Waals surface area (Å²) in [6, 6.07) is 8.12. The van der Waals surface area contributed by atoms with Gasteiger partial charge in [0.15, 0.2) is 0 Å². The standard InChI is InChI=1S/C20H26N2O4/c1-4-25-19(23)11-17-13-24-9-8-22(17)12-18-15(3)26-20(21-18)16-7-5-6-14(2)10-16/h5-7,10,17H,4,8-9,11-13H2,1-3H3/t17-/m0/s1. The van der Waals surface area contributed by atoms with Gasteiger partial charge in [0.1, 0.15) is 5.76 Å². The molecule has 1 fully saturated rings. The van der Waals surface area contributed by atoms with E-state index in [0.29, 0.717) is 38.7 Å². The predicted molar refractivity (Wildman–Crippen MR) is 97.7 cm³/mol. The van der Waals surface area contributed by atoms with E-state index in [9.17, 15) is 4.79 Å². The van der Waals surface area contributed by atoms with Crippen LogP contribution in [0.15, 0.2) is 28.7 Å². The summed E-state index contributed by atoms with van der Waals surface area (Å²) in [5, 5.41) is 0. The normalized spacial score (nSPS) is 18.0. The Hall–Kier alpha value is -2.18. The number of morpholine rings is 1. The van der Waals surface area contributed by atoms with Crippen LogP contribution in [-0.4, -0.2) is 48.3 Å². The van der Waals surface area contributed by atoms with E-state index in [2.05, 4.69) is 11.0 Å². The van der Waals surface area contributed by atoms with Crippen molar-refractivity contribution in [2.75, 3.05) is 26.4 Å². The van der Waals surface area contributed by atoms with Gasteiger partial charge in [0, 0.05) is 24.7 Å². The van der Waals surface area contributed by atoms with Crippen LogP contribution in [0.25, 0.3) is 11.5 Å². The van der Waals surface area contributed by atoms with Crippen molar-refractivity contribution in [1.82, 2.24) is 9.88 Å². The summed E-state index contributed by atoms with van der Waals surface area (Å²) >= 11 is 0. The molecule has 6 heteroatoms. The first kappa shape index (κ1) is 18.6. The first-order valence-corrected chi connectivity index (χ1v) is 9.07. The fourth-order valence-electron chi connectivity index (χ4n) is 3.17. The number of rotatable bonds is 6. The van der Waals surface area contributed by atoms with E-state index in [0.717, 1.165) is 23.6 Å².